The highest BCUT2D eigenvalue weighted by molar-refractivity contribution is 6.06. The Labute approximate surface area is 136 Å². The first kappa shape index (κ1) is 15.5. The molecule has 0 amide bonds. The Balaban J connectivity index is 1.96. The summed E-state index contributed by atoms with van der Waals surface area (Å²) in [5, 5.41) is 11.1. The molecule has 0 radical (unpaired) electrons. The molecule has 0 aliphatic rings. The van der Waals surface area contributed by atoms with Gasteiger partial charge in [-0.15, -0.1) is 0 Å². The number of carbonyl (C=O) groups is 1. The largest absolute Gasteiger partial charge is 0.324 e. The van der Waals surface area contributed by atoms with Crippen LogP contribution in [0.2, 0.25) is 0 Å². The smallest absolute Gasteiger partial charge is 0.274 e. The highest BCUT2D eigenvalue weighted by Crippen LogP contribution is 2.20. The van der Waals surface area contributed by atoms with Gasteiger partial charge in [-0.2, -0.15) is 0 Å². The molecular weight excluding hydrogens is 313 g/mol. The van der Waals surface area contributed by atoms with Crippen molar-refractivity contribution in [2.45, 2.75) is 6.54 Å². The summed E-state index contributed by atoms with van der Waals surface area (Å²) >= 11 is 0. The third-order valence-electron chi connectivity index (χ3n) is 3.57. The van der Waals surface area contributed by atoms with E-state index in [1.165, 1.54) is 41.2 Å². The minimum atomic E-state index is -0.636. The number of para-hydroxylation sites is 1. The van der Waals surface area contributed by atoms with E-state index < -0.39 is 16.5 Å². The van der Waals surface area contributed by atoms with Gasteiger partial charge in [-0.1, -0.05) is 30.3 Å². The number of hydrogen-bond acceptors (Lipinski definition) is 4. The summed E-state index contributed by atoms with van der Waals surface area (Å²) in [6.07, 6.45) is 2.94. The van der Waals surface area contributed by atoms with E-state index in [0.717, 1.165) is 0 Å². The molecule has 24 heavy (non-hydrogen) atoms. The molecule has 0 aliphatic heterocycles. The van der Waals surface area contributed by atoms with Crippen molar-refractivity contribution < 1.29 is 14.1 Å². The van der Waals surface area contributed by atoms with E-state index >= 15 is 0 Å². The molecule has 3 aromatic rings. The molecule has 0 aliphatic carbocycles. The van der Waals surface area contributed by atoms with Gasteiger partial charge in [0.2, 0.25) is 5.78 Å². The molecule has 3 rings (SSSR count). The summed E-state index contributed by atoms with van der Waals surface area (Å²) in [5.74, 6) is -1.18. The van der Waals surface area contributed by atoms with Crippen molar-refractivity contribution in [2.75, 3.05) is 0 Å². The lowest BCUT2D eigenvalue weighted by Crippen LogP contribution is -2.14. The van der Waals surface area contributed by atoms with Gasteiger partial charge in [0.15, 0.2) is 5.82 Å². The molecule has 1 aromatic heterocycles. The Morgan fingerprint density at radius 2 is 1.88 bits per heavy atom. The van der Waals surface area contributed by atoms with Gasteiger partial charge in [-0.3, -0.25) is 14.9 Å². The third-order valence-corrected chi connectivity index (χ3v) is 3.57. The molecule has 7 heteroatoms. The van der Waals surface area contributed by atoms with Crippen LogP contribution in [0.1, 0.15) is 21.7 Å². The van der Waals surface area contributed by atoms with Crippen LogP contribution >= 0.6 is 0 Å². The Bertz CT molecular complexity index is 921. The van der Waals surface area contributed by atoms with Crippen LogP contribution in [0.15, 0.2) is 60.9 Å². The molecule has 0 spiro atoms. The third kappa shape index (κ3) is 2.91. The SMILES string of the molecule is O=C(c1ccccc1F)c1nccn1Cc1ccccc1[N+](=O)[O-]. The summed E-state index contributed by atoms with van der Waals surface area (Å²) in [5.41, 5.74) is 0.297. The van der Waals surface area contributed by atoms with Crippen molar-refractivity contribution in [1.29, 1.82) is 0 Å². The molecule has 0 bridgehead atoms. The van der Waals surface area contributed by atoms with Crippen LogP contribution < -0.4 is 0 Å². The number of halogens is 1. The van der Waals surface area contributed by atoms with Crippen molar-refractivity contribution in [2.24, 2.45) is 0 Å². The van der Waals surface area contributed by atoms with Crippen molar-refractivity contribution in [3.8, 4) is 0 Å². The van der Waals surface area contributed by atoms with Crippen molar-refractivity contribution in [3.05, 3.63) is 93.8 Å². The number of aromatic nitrogens is 2. The monoisotopic (exact) mass is 325 g/mol. The molecule has 0 saturated heterocycles. The quantitative estimate of drug-likeness (QED) is 0.410. The minimum absolute atomic E-state index is 0.0262. The Hall–Kier alpha value is -3.35. The molecular formula is C17H12FN3O3. The van der Waals surface area contributed by atoms with Gasteiger partial charge >= 0.3 is 0 Å². The first-order valence-corrected chi connectivity index (χ1v) is 7.10. The van der Waals surface area contributed by atoms with E-state index in [0.29, 0.717) is 5.56 Å². The number of rotatable bonds is 5. The Kier molecular flexibility index (Phi) is 4.15. The van der Waals surface area contributed by atoms with Crippen LogP contribution in [0.3, 0.4) is 0 Å². The summed E-state index contributed by atoms with van der Waals surface area (Å²) < 4.78 is 15.3. The first-order chi connectivity index (χ1) is 11.6. The van der Waals surface area contributed by atoms with E-state index in [1.807, 2.05) is 0 Å². The molecule has 0 fully saturated rings. The maximum atomic E-state index is 13.8. The first-order valence-electron chi connectivity index (χ1n) is 7.10. The zero-order valence-corrected chi connectivity index (χ0v) is 12.4. The fourth-order valence-corrected chi connectivity index (χ4v) is 2.42. The van der Waals surface area contributed by atoms with Gasteiger partial charge < -0.3 is 4.57 Å². The van der Waals surface area contributed by atoms with Gasteiger partial charge in [0.1, 0.15) is 5.82 Å². The highest BCUT2D eigenvalue weighted by Gasteiger charge is 2.20. The normalized spacial score (nSPS) is 10.5. The number of carbonyl (C=O) groups excluding carboxylic acids is 1. The lowest BCUT2D eigenvalue weighted by Gasteiger charge is -2.08. The fourth-order valence-electron chi connectivity index (χ4n) is 2.42. The second-order valence-electron chi connectivity index (χ2n) is 5.07. The summed E-state index contributed by atoms with van der Waals surface area (Å²) in [4.78, 5) is 27.1. The van der Waals surface area contributed by atoms with E-state index in [1.54, 1.807) is 24.3 Å². The van der Waals surface area contributed by atoms with Crippen LogP contribution in [0.4, 0.5) is 10.1 Å². The van der Waals surface area contributed by atoms with E-state index in [2.05, 4.69) is 4.98 Å². The maximum absolute atomic E-state index is 13.8. The zero-order chi connectivity index (χ0) is 17.1. The molecule has 6 nitrogen and oxygen atoms in total. The van der Waals surface area contributed by atoms with Crippen molar-refractivity contribution in [3.63, 3.8) is 0 Å². The predicted octanol–water partition coefficient (Wildman–Crippen LogP) is 3.21. The second kappa shape index (κ2) is 6.41. The number of nitrogens with zero attached hydrogens (tertiary/aromatic N) is 3. The predicted molar refractivity (Wildman–Crippen MR) is 84.3 cm³/mol. The van der Waals surface area contributed by atoms with Crippen LogP contribution in [-0.4, -0.2) is 20.3 Å². The van der Waals surface area contributed by atoms with E-state index in [-0.39, 0.29) is 23.6 Å². The van der Waals surface area contributed by atoms with Crippen molar-refractivity contribution in [1.82, 2.24) is 9.55 Å². The van der Waals surface area contributed by atoms with Crippen LogP contribution in [0.25, 0.3) is 0 Å². The van der Waals surface area contributed by atoms with Crippen LogP contribution in [0.5, 0.6) is 0 Å². The number of ketones is 1. The Morgan fingerprint density at radius 1 is 1.17 bits per heavy atom. The number of benzene rings is 2. The lowest BCUT2D eigenvalue weighted by atomic mass is 10.1. The highest BCUT2D eigenvalue weighted by atomic mass is 19.1. The zero-order valence-electron chi connectivity index (χ0n) is 12.4. The molecule has 0 atom stereocenters. The molecule has 2 aromatic carbocycles. The number of nitro benzene ring substituents is 1. The average Bonchev–Trinajstić information content (AvgIpc) is 3.03. The van der Waals surface area contributed by atoms with Crippen molar-refractivity contribution >= 4 is 11.5 Å². The summed E-state index contributed by atoms with van der Waals surface area (Å²) in [6, 6.07) is 11.9. The topological polar surface area (TPSA) is 78.0 Å². The van der Waals surface area contributed by atoms with Gasteiger partial charge in [0.25, 0.3) is 5.69 Å². The minimum Gasteiger partial charge on any atom is -0.324 e. The molecule has 0 saturated carbocycles. The average molecular weight is 325 g/mol. The number of imidazole rings is 1. The molecule has 120 valence electrons. The molecule has 0 unspecified atom stereocenters. The van der Waals surface area contributed by atoms with Gasteiger partial charge in [-0.05, 0) is 12.1 Å². The number of hydrogen-bond donors (Lipinski definition) is 0. The van der Waals surface area contributed by atoms with E-state index in [9.17, 15) is 19.3 Å². The Morgan fingerprint density at radius 3 is 2.62 bits per heavy atom. The van der Waals surface area contributed by atoms with E-state index in [4.69, 9.17) is 0 Å². The maximum Gasteiger partial charge on any atom is 0.274 e. The van der Waals surface area contributed by atoms with Crippen LogP contribution in [0, 0.1) is 15.9 Å². The van der Waals surface area contributed by atoms with Gasteiger partial charge in [-0.25, -0.2) is 9.37 Å². The lowest BCUT2D eigenvalue weighted by molar-refractivity contribution is -0.385. The molecule has 1 heterocycles. The van der Waals surface area contributed by atoms with Gasteiger partial charge in [0, 0.05) is 24.0 Å². The second-order valence-corrected chi connectivity index (χ2v) is 5.07. The molecule has 0 N–H and O–H groups in total. The standard InChI is InChI=1S/C17H12FN3O3/c18-14-7-3-2-6-13(14)16(22)17-19-9-10-20(17)11-12-5-1-4-8-15(12)21(23)24/h1-10H,11H2. The summed E-state index contributed by atoms with van der Waals surface area (Å²) in [7, 11) is 0. The van der Waals surface area contributed by atoms with Gasteiger partial charge in [0.05, 0.1) is 17.0 Å². The van der Waals surface area contributed by atoms with Crippen LogP contribution in [-0.2, 0) is 6.54 Å². The fraction of sp³-hybridized carbons (Fsp3) is 0.0588. The number of nitro groups is 1. The summed E-state index contributed by atoms with van der Waals surface area (Å²) in [6.45, 7) is 0.0900.